The first-order valence-electron chi connectivity index (χ1n) is 9.87. The van der Waals surface area contributed by atoms with E-state index in [0.29, 0.717) is 50.0 Å². The first kappa shape index (κ1) is 22.2. The summed E-state index contributed by atoms with van der Waals surface area (Å²) in [6, 6.07) is 9.73. The molecule has 0 saturated carbocycles. The van der Waals surface area contributed by atoms with E-state index in [1.165, 1.54) is 24.3 Å². The van der Waals surface area contributed by atoms with Crippen LogP contribution in [0.1, 0.15) is 16.2 Å². The van der Waals surface area contributed by atoms with E-state index < -0.39 is 10.0 Å². The maximum atomic E-state index is 12.8. The van der Waals surface area contributed by atoms with Crippen LogP contribution in [0.2, 0.25) is 0 Å². The van der Waals surface area contributed by atoms with Crippen LogP contribution in [0.5, 0.6) is 0 Å². The fourth-order valence-corrected chi connectivity index (χ4v) is 4.89. The van der Waals surface area contributed by atoms with Crippen LogP contribution in [0.4, 0.5) is 0 Å². The van der Waals surface area contributed by atoms with Crippen LogP contribution in [0.25, 0.3) is 10.7 Å². The molecule has 1 N–H and O–H groups in total. The van der Waals surface area contributed by atoms with Gasteiger partial charge in [0.15, 0.2) is 0 Å². The number of amides is 1. The first-order valence-corrected chi connectivity index (χ1v) is 12.2. The second kappa shape index (κ2) is 9.62. The van der Waals surface area contributed by atoms with Crippen LogP contribution in [0, 0.1) is 12.3 Å². The highest BCUT2D eigenvalue weighted by molar-refractivity contribution is 7.89. The van der Waals surface area contributed by atoms with Crippen molar-refractivity contribution in [2.45, 2.75) is 11.4 Å². The van der Waals surface area contributed by atoms with E-state index in [9.17, 15) is 13.2 Å². The molecule has 1 amide bonds. The molecule has 1 aliphatic rings. The molecule has 0 unspecified atom stereocenters. The Balaban J connectivity index is 1.31. The number of nitrogens with zero attached hydrogens (tertiary/aromatic N) is 4. The summed E-state index contributed by atoms with van der Waals surface area (Å²) < 4.78 is 31.9. The Bertz CT molecular complexity index is 1210. The maximum Gasteiger partial charge on any atom is 0.253 e. The fourth-order valence-electron chi connectivity index (χ4n) is 3.30. The molecule has 1 fully saturated rings. The smallest absolute Gasteiger partial charge is 0.253 e. The molecule has 2 aromatic heterocycles. The van der Waals surface area contributed by atoms with Gasteiger partial charge in [0.2, 0.25) is 21.7 Å². The molecule has 0 radical (unpaired) electrons. The molecule has 1 aliphatic heterocycles. The predicted molar refractivity (Wildman–Crippen MR) is 119 cm³/mol. The van der Waals surface area contributed by atoms with Crippen LogP contribution in [0.15, 0.2) is 51.2 Å². The lowest BCUT2D eigenvalue weighted by Gasteiger charge is -2.34. The molecule has 0 bridgehead atoms. The Morgan fingerprint density at radius 2 is 1.94 bits per heavy atom. The first-order chi connectivity index (χ1) is 15.5. The Labute approximate surface area is 190 Å². The summed E-state index contributed by atoms with van der Waals surface area (Å²) in [5, 5.41) is 5.99. The minimum absolute atomic E-state index is 0.0654. The zero-order valence-corrected chi connectivity index (χ0v) is 18.7. The molecule has 32 heavy (non-hydrogen) atoms. The lowest BCUT2D eigenvalue weighted by Crippen LogP contribution is -2.48. The summed E-state index contributed by atoms with van der Waals surface area (Å²) in [7, 11) is -3.68. The van der Waals surface area contributed by atoms with Crippen molar-refractivity contribution >= 4 is 27.3 Å². The number of carbonyl (C=O) groups excluding carboxylic acids is 1. The Hall–Kier alpha value is -3.04. The highest BCUT2D eigenvalue weighted by atomic mass is 32.2. The topological polar surface area (TPSA) is 109 Å². The molecular formula is C21H21N5O4S2. The summed E-state index contributed by atoms with van der Waals surface area (Å²) in [6.45, 7) is 2.88. The van der Waals surface area contributed by atoms with Crippen molar-refractivity contribution in [3.8, 4) is 23.0 Å². The summed E-state index contributed by atoms with van der Waals surface area (Å²) in [5.41, 5.74) is 0.437. The molecule has 9 nitrogen and oxygen atoms in total. The predicted octanol–water partition coefficient (Wildman–Crippen LogP) is 1.67. The van der Waals surface area contributed by atoms with Gasteiger partial charge in [0, 0.05) is 31.7 Å². The molecule has 4 rings (SSSR count). The van der Waals surface area contributed by atoms with E-state index in [4.69, 9.17) is 10.9 Å². The second-order valence-electron chi connectivity index (χ2n) is 7.11. The van der Waals surface area contributed by atoms with Gasteiger partial charge >= 0.3 is 0 Å². The molecule has 1 saturated heterocycles. The van der Waals surface area contributed by atoms with Crippen LogP contribution >= 0.6 is 11.3 Å². The number of benzene rings is 1. The molecule has 166 valence electrons. The van der Waals surface area contributed by atoms with Gasteiger partial charge in [0.05, 0.1) is 22.9 Å². The molecule has 11 heteroatoms. The third kappa shape index (κ3) is 5.05. The zero-order chi connectivity index (χ0) is 22.6. The standard InChI is InChI=1S/C21H21N5O4S2/c1-2-9-22-32(28,29)17-7-5-16(6-8-17)21(27)26-12-10-25(11-13-26)15-19-23-20(24-30-19)18-4-3-14-31-18/h1,3-8,14,22H,9-13,15H2. The van der Waals surface area contributed by atoms with Gasteiger partial charge in [-0.25, -0.2) is 8.42 Å². The molecule has 1 aromatic carbocycles. The lowest BCUT2D eigenvalue weighted by atomic mass is 10.2. The van der Waals surface area contributed by atoms with Crippen LogP contribution in [-0.4, -0.2) is 67.0 Å². The van der Waals surface area contributed by atoms with Gasteiger partial charge in [-0.15, -0.1) is 17.8 Å². The monoisotopic (exact) mass is 471 g/mol. The average Bonchev–Trinajstić information content (AvgIpc) is 3.50. The normalized spacial score (nSPS) is 14.9. The SMILES string of the molecule is C#CCNS(=O)(=O)c1ccc(C(=O)N2CCN(Cc3nc(-c4cccs4)no3)CC2)cc1. The highest BCUT2D eigenvalue weighted by Crippen LogP contribution is 2.22. The Morgan fingerprint density at radius 1 is 1.19 bits per heavy atom. The van der Waals surface area contributed by atoms with Crippen molar-refractivity contribution in [3.63, 3.8) is 0 Å². The van der Waals surface area contributed by atoms with E-state index in [2.05, 4.69) is 25.7 Å². The maximum absolute atomic E-state index is 12.8. The molecule has 3 heterocycles. The van der Waals surface area contributed by atoms with Crippen molar-refractivity contribution in [1.82, 2.24) is 24.7 Å². The van der Waals surface area contributed by atoms with Gasteiger partial charge < -0.3 is 9.42 Å². The number of carbonyl (C=O) groups is 1. The minimum atomic E-state index is -3.68. The van der Waals surface area contributed by atoms with Gasteiger partial charge in [-0.1, -0.05) is 17.1 Å². The van der Waals surface area contributed by atoms with Crippen molar-refractivity contribution in [2.75, 3.05) is 32.7 Å². The third-order valence-corrected chi connectivity index (χ3v) is 7.29. The molecule has 0 aliphatic carbocycles. The van der Waals surface area contributed by atoms with Gasteiger partial charge in [0.1, 0.15) is 0 Å². The summed E-state index contributed by atoms with van der Waals surface area (Å²) in [6.07, 6.45) is 5.09. The number of terminal acetylenes is 1. The van der Waals surface area contributed by atoms with Gasteiger partial charge in [-0.2, -0.15) is 9.71 Å². The average molecular weight is 472 g/mol. The Kier molecular flexibility index (Phi) is 6.66. The number of nitrogens with one attached hydrogen (secondary N) is 1. The summed E-state index contributed by atoms with van der Waals surface area (Å²) in [5.74, 6) is 3.22. The van der Waals surface area contributed by atoms with E-state index >= 15 is 0 Å². The quantitative estimate of drug-likeness (QED) is 0.522. The number of piperazine rings is 1. The largest absolute Gasteiger partial charge is 0.338 e. The number of thiophene rings is 1. The van der Waals surface area contributed by atoms with Gasteiger partial charge in [-0.05, 0) is 35.7 Å². The number of rotatable bonds is 7. The van der Waals surface area contributed by atoms with E-state index in [1.54, 1.807) is 16.2 Å². The second-order valence-corrected chi connectivity index (χ2v) is 9.83. The number of sulfonamides is 1. The number of hydrogen-bond acceptors (Lipinski definition) is 8. The summed E-state index contributed by atoms with van der Waals surface area (Å²) in [4.78, 5) is 22.2. The summed E-state index contributed by atoms with van der Waals surface area (Å²) >= 11 is 1.55. The highest BCUT2D eigenvalue weighted by Gasteiger charge is 2.24. The van der Waals surface area contributed by atoms with E-state index in [-0.39, 0.29) is 17.3 Å². The van der Waals surface area contributed by atoms with Gasteiger partial charge in [-0.3, -0.25) is 9.69 Å². The number of hydrogen-bond donors (Lipinski definition) is 1. The van der Waals surface area contributed by atoms with Crippen molar-refractivity contribution in [3.05, 3.63) is 53.2 Å². The lowest BCUT2D eigenvalue weighted by molar-refractivity contribution is 0.0615. The van der Waals surface area contributed by atoms with Crippen molar-refractivity contribution in [1.29, 1.82) is 0 Å². The van der Waals surface area contributed by atoms with Crippen LogP contribution < -0.4 is 4.72 Å². The molecule has 3 aromatic rings. The van der Waals surface area contributed by atoms with Crippen LogP contribution in [0.3, 0.4) is 0 Å². The molecule has 0 spiro atoms. The molecule has 0 atom stereocenters. The fraction of sp³-hybridized carbons (Fsp3) is 0.286. The van der Waals surface area contributed by atoms with Crippen molar-refractivity contribution in [2.24, 2.45) is 0 Å². The van der Waals surface area contributed by atoms with Crippen LogP contribution in [-0.2, 0) is 16.6 Å². The van der Waals surface area contributed by atoms with Crippen molar-refractivity contribution < 1.29 is 17.7 Å². The zero-order valence-electron chi connectivity index (χ0n) is 17.1. The Morgan fingerprint density at radius 3 is 2.59 bits per heavy atom. The van der Waals surface area contributed by atoms with E-state index in [0.717, 1.165) is 4.88 Å². The van der Waals surface area contributed by atoms with E-state index in [1.807, 2.05) is 17.5 Å². The third-order valence-electron chi connectivity index (χ3n) is 5.00. The number of aromatic nitrogens is 2. The minimum Gasteiger partial charge on any atom is -0.338 e. The molecular weight excluding hydrogens is 450 g/mol. The van der Waals surface area contributed by atoms with Gasteiger partial charge in [0.25, 0.3) is 5.91 Å².